The highest BCUT2D eigenvalue weighted by Gasteiger charge is 2.31. The summed E-state index contributed by atoms with van der Waals surface area (Å²) in [5.74, 6) is 1.62. The molecule has 2 saturated heterocycles. The SMILES string of the molecule is CN=C(NCCN1CCCCC1C)NC1CN(C(C)C)CC1C. The van der Waals surface area contributed by atoms with Crippen LogP contribution in [-0.4, -0.2) is 73.7 Å². The first-order valence-electron chi connectivity index (χ1n) is 9.46. The van der Waals surface area contributed by atoms with Crippen molar-refractivity contribution in [1.82, 2.24) is 20.4 Å². The van der Waals surface area contributed by atoms with Crippen LogP contribution in [0.1, 0.15) is 47.0 Å². The van der Waals surface area contributed by atoms with E-state index in [1.54, 1.807) is 0 Å². The highest BCUT2D eigenvalue weighted by atomic mass is 15.3. The van der Waals surface area contributed by atoms with E-state index in [4.69, 9.17) is 0 Å². The molecule has 0 radical (unpaired) electrons. The second-order valence-corrected chi connectivity index (χ2v) is 7.66. The molecule has 23 heavy (non-hydrogen) atoms. The van der Waals surface area contributed by atoms with Crippen molar-refractivity contribution in [2.24, 2.45) is 10.9 Å². The van der Waals surface area contributed by atoms with Gasteiger partial charge < -0.3 is 10.6 Å². The van der Waals surface area contributed by atoms with Crippen molar-refractivity contribution < 1.29 is 0 Å². The van der Waals surface area contributed by atoms with Crippen LogP contribution in [-0.2, 0) is 0 Å². The van der Waals surface area contributed by atoms with Crippen LogP contribution >= 0.6 is 0 Å². The molecule has 5 heteroatoms. The topological polar surface area (TPSA) is 42.9 Å². The van der Waals surface area contributed by atoms with Gasteiger partial charge in [-0.05, 0) is 46.1 Å². The monoisotopic (exact) mass is 323 g/mol. The van der Waals surface area contributed by atoms with Crippen molar-refractivity contribution in [2.75, 3.05) is 39.8 Å². The van der Waals surface area contributed by atoms with Crippen LogP contribution < -0.4 is 10.6 Å². The molecule has 2 aliphatic rings. The van der Waals surface area contributed by atoms with Gasteiger partial charge in [-0.25, -0.2) is 0 Å². The van der Waals surface area contributed by atoms with Gasteiger partial charge in [-0.2, -0.15) is 0 Å². The number of nitrogens with one attached hydrogen (secondary N) is 2. The van der Waals surface area contributed by atoms with Gasteiger partial charge in [-0.3, -0.25) is 14.8 Å². The van der Waals surface area contributed by atoms with Crippen LogP contribution in [0, 0.1) is 5.92 Å². The molecule has 0 bridgehead atoms. The third-order valence-corrected chi connectivity index (χ3v) is 5.55. The molecule has 0 saturated carbocycles. The Kier molecular flexibility index (Phi) is 7.15. The van der Waals surface area contributed by atoms with Crippen LogP contribution in [0.4, 0.5) is 0 Å². The fourth-order valence-corrected chi connectivity index (χ4v) is 3.79. The average Bonchev–Trinajstić information content (AvgIpc) is 2.89. The van der Waals surface area contributed by atoms with Gasteiger partial charge in [-0.15, -0.1) is 0 Å². The Morgan fingerprint density at radius 1 is 1.22 bits per heavy atom. The van der Waals surface area contributed by atoms with Crippen molar-refractivity contribution in [3.05, 3.63) is 0 Å². The highest BCUT2D eigenvalue weighted by molar-refractivity contribution is 5.80. The lowest BCUT2D eigenvalue weighted by Gasteiger charge is -2.33. The Morgan fingerprint density at radius 3 is 2.61 bits per heavy atom. The van der Waals surface area contributed by atoms with Gasteiger partial charge in [-0.1, -0.05) is 13.3 Å². The lowest BCUT2D eigenvalue weighted by Crippen LogP contribution is -2.49. The zero-order valence-electron chi connectivity index (χ0n) is 15.8. The maximum Gasteiger partial charge on any atom is 0.191 e. The molecule has 2 fully saturated rings. The maximum atomic E-state index is 4.41. The molecule has 0 spiro atoms. The Balaban J connectivity index is 1.73. The van der Waals surface area contributed by atoms with Gasteiger partial charge in [0.15, 0.2) is 5.96 Å². The molecule has 2 heterocycles. The number of guanidine groups is 1. The molecule has 3 atom stereocenters. The maximum absolute atomic E-state index is 4.41. The van der Waals surface area contributed by atoms with E-state index in [-0.39, 0.29) is 0 Å². The summed E-state index contributed by atoms with van der Waals surface area (Å²) in [6.07, 6.45) is 4.08. The summed E-state index contributed by atoms with van der Waals surface area (Å²) in [6.45, 7) is 14.9. The number of hydrogen-bond donors (Lipinski definition) is 2. The van der Waals surface area contributed by atoms with E-state index >= 15 is 0 Å². The minimum Gasteiger partial charge on any atom is -0.355 e. The Hall–Kier alpha value is -0.810. The quantitative estimate of drug-likeness (QED) is 0.598. The second-order valence-electron chi connectivity index (χ2n) is 7.66. The van der Waals surface area contributed by atoms with Crippen LogP contribution in [0.2, 0.25) is 0 Å². The first-order valence-corrected chi connectivity index (χ1v) is 9.46. The average molecular weight is 324 g/mol. The molecular weight excluding hydrogens is 286 g/mol. The van der Waals surface area contributed by atoms with E-state index in [0.717, 1.165) is 31.6 Å². The number of aliphatic imine (C=N–C) groups is 1. The Bertz CT molecular complexity index is 382. The summed E-state index contributed by atoms with van der Waals surface area (Å²) < 4.78 is 0. The predicted octanol–water partition coefficient (Wildman–Crippen LogP) is 1.75. The van der Waals surface area contributed by atoms with Crippen molar-refractivity contribution in [1.29, 1.82) is 0 Å². The molecule has 2 aliphatic heterocycles. The van der Waals surface area contributed by atoms with Crippen LogP contribution in [0.25, 0.3) is 0 Å². The molecule has 0 amide bonds. The summed E-state index contributed by atoms with van der Waals surface area (Å²) in [7, 11) is 1.87. The molecule has 0 aromatic heterocycles. The Labute approximate surface area is 142 Å². The van der Waals surface area contributed by atoms with E-state index in [2.05, 4.69) is 53.1 Å². The largest absolute Gasteiger partial charge is 0.355 e. The van der Waals surface area contributed by atoms with E-state index in [1.807, 2.05) is 7.05 Å². The lowest BCUT2D eigenvalue weighted by atomic mass is 10.0. The number of likely N-dealkylation sites (tertiary alicyclic amines) is 2. The van der Waals surface area contributed by atoms with Crippen molar-refractivity contribution in [3.63, 3.8) is 0 Å². The van der Waals surface area contributed by atoms with Crippen LogP contribution in [0.3, 0.4) is 0 Å². The molecular formula is C18H37N5. The summed E-state index contributed by atoms with van der Waals surface area (Å²) in [4.78, 5) is 9.56. The Morgan fingerprint density at radius 2 is 2.00 bits per heavy atom. The zero-order valence-corrected chi connectivity index (χ0v) is 15.8. The number of hydrogen-bond acceptors (Lipinski definition) is 3. The van der Waals surface area contributed by atoms with Crippen molar-refractivity contribution in [2.45, 2.75) is 65.1 Å². The fourth-order valence-electron chi connectivity index (χ4n) is 3.79. The molecule has 134 valence electrons. The molecule has 2 N–H and O–H groups in total. The highest BCUT2D eigenvalue weighted by Crippen LogP contribution is 2.18. The third kappa shape index (κ3) is 5.35. The summed E-state index contributed by atoms with van der Waals surface area (Å²) in [6, 6.07) is 1.85. The fraction of sp³-hybridized carbons (Fsp3) is 0.944. The molecule has 0 aromatic rings. The van der Waals surface area contributed by atoms with Gasteiger partial charge in [0.25, 0.3) is 0 Å². The van der Waals surface area contributed by atoms with Crippen molar-refractivity contribution in [3.8, 4) is 0 Å². The molecule has 2 rings (SSSR count). The van der Waals surface area contributed by atoms with Gasteiger partial charge in [0.2, 0.25) is 0 Å². The summed E-state index contributed by atoms with van der Waals surface area (Å²) >= 11 is 0. The summed E-state index contributed by atoms with van der Waals surface area (Å²) in [5, 5.41) is 7.14. The van der Waals surface area contributed by atoms with Gasteiger partial charge in [0, 0.05) is 51.4 Å². The normalized spacial score (nSPS) is 30.9. The molecule has 5 nitrogen and oxygen atoms in total. The lowest BCUT2D eigenvalue weighted by molar-refractivity contribution is 0.163. The van der Waals surface area contributed by atoms with E-state index in [9.17, 15) is 0 Å². The standard InChI is InChI=1S/C18H37N5/c1-14(2)23-12-15(3)17(13-23)21-18(19-5)20-9-11-22-10-7-6-8-16(22)4/h14-17H,6-13H2,1-5H3,(H2,19,20,21). The minimum atomic E-state index is 0.498. The van der Waals surface area contributed by atoms with Crippen LogP contribution in [0.15, 0.2) is 4.99 Å². The number of nitrogens with zero attached hydrogens (tertiary/aromatic N) is 3. The second kappa shape index (κ2) is 8.88. The third-order valence-electron chi connectivity index (χ3n) is 5.55. The first-order chi connectivity index (χ1) is 11.0. The van der Waals surface area contributed by atoms with Gasteiger partial charge >= 0.3 is 0 Å². The van der Waals surface area contributed by atoms with Gasteiger partial charge in [0.05, 0.1) is 0 Å². The number of rotatable bonds is 5. The van der Waals surface area contributed by atoms with Crippen LogP contribution in [0.5, 0.6) is 0 Å². The van der Waals surface area contributed by atoms with E-state index in [1.165, 1.54) is 32.4 Å². The van der Waals surface area contributed by atoms with Crippen molar-refractivity contribution >= 4 is 5.96 Å². The minimum absolute atomic E-state index is 0.498. The summed E-state index contributed by atoms with van der Waals surface area (Å²) in [5.41, 5.74) is 0. The molecule has 3 unspecified atom stereocenters. The van der Waals surface area contributed by atoms with E-state index < -0.39 is 0 Å². The predicted molar refractivity (Wildman–Crippen MR) is 99.0 cm³/mol. The molecule has 0 aliphatic carbocycles. The van der Waals surface area contributed by atoms with Gasteiger partial charge in [0.1, 0.15) is 0 Å². The molecule has 0 aromatic carbocycles. The smallest absolute Gasteiger partial charge is 0.191 e. The van der Waals surface area contributed by atoms with E-state index in [0.29, 0.717) is 18.0 Å². The first kappa shape index (κ1) is 18.5. The zero-order chi connectivity index (χ0) is 16.8. The number of piperidine rings is 1.